The highest BCUT2D eigenvalue weighted by atomic mass is 14.9. The lowest BCUT2D eigenvalue weighted by atomic mass is 9.69. The summed E-state index contributed by atoms with van der Waals surface area (Å²) >= 11 is 0. The second-order valence-corrected chi connectivity index (χ2v) is 6.58. The van der Waals surface area contributed by atoms with Gasteiger partial charge >= 0.3 is 0 Å². The summed E-state index contributed by atoms with van der Waals surface area (Å²) in [5.74, 6) is 0.729. The second-order valence-electron chi connectivity index (χ2n) is 6.58. The van der Waals surface area contributed by atoms with Gasteiger partial charge in [0, 0.05) is 13.1 Å². The Morgan fingerprint density at radius 1 is 1.16 bits per heavy atom. The van der Waals surface area contributed by atoms with Crippen LogP contribution in [0.4, 0.5) is 0 Å². The molecular formula is C17H28N2. The highest BCUT2D eigenvalue weighted by molar-refractivity contribution is 5.22. The van der Waals surface area contributed by atoms with E-state index in [0.717, 1.165) is 25.6 Å². The maximum Gasteiger partial charge on any atom is 0.0205 e. The highest BCUT2D eigenvalue weighted by Gasteiger charge is 2.34. The predicted molar refractivity (Wildman–Crippen MR) is 82.0 cm³/mol. The molecule has 2 heteroatoms. The number of benzene rings is 1. The van der Waals surface area contributed by atoms with E-state index in [1.807, 2.05) is 0 Å². The molecule has 0 radical (unpaired) electrons. The molecule has 2 rings (SSSR count). The summed E-state index contributed by atoms with van der Waals surface area (Å²) in [4.78, 5) is 0. The third-order valence-electron chi connectivity index (χ3n) is 4.34. The third kappa shape index (κ3) is 4.05. The Morgan fingerprint density at radius 3 is 2.26 bits per heavy atom. The van der Waals surface area contributed by atoms with Crippen LogP contribution in [0.1, 0.15) is 44.2 Å². The van der Waals surface area contributed by atoms with Gasteiger partial charge < -0.3 is 11.1 Å². The van der Waals surface area contributed by atoms with Crippen molar-refractivity contribution in [2.24, 2.45) is 17.1 Å². The smallest absolute Gasteiger partial charge is 0.0205 e. The molecule has 1 aliphatic carbocycles. The molecular weight excluding hydrogens is 232 g/mol. The van der Waals surface area contributed by atoms with Gasteiger partial charge in [-0.25, -0.2) is 0 Å². The molecule has 0 aromatic heterocycles. The number of rotatable bonds is 7. The first-order chi connectivity index (χ1) is 9.13. The maximum absolute atomic E-state index is 5.87. The van der Waals surface area contributed by atoms with Crippen molar-refractivity contribution >= 4 is 0 Å². The van der Waals surface area contributed by atoms with Crippen molar-refractivity contribution in [1.82, 2.24) is 5.32 Å². The molecule has 3 N–H and O–H groups in total. The van der Waals surface area contributed by atoms with Gasteiger partial charge in [-0.3, -0.25) is 0 Å². The zero-order valence-corrected chi connectivity index (χ0v) is 12.4. The minimum Gasteiger partial charge on any atom is -0.330 e. The number of nitrogens with two attached hydrogens (primary N) is 1. The van der Waals surface area contributed by atoms with Gasteiger partial charge in [0.05, 0.1) is 0 Å². The van der Waals surface area contributed by atoms with E-state index in [1.54, 1.807) is 0 Å². The molecule has 1 saturated carbocycles. The molecule has 0 amide bonds. The van der Waals surface area contributed by atoms with E-state index in [4.69, 9.17) is 5.73 Å². The van der Waals surface area contributed by atoms with E-state index in [2.05, 4.69) is 43.4 Å². The van der Waals surface area contributed by atoms with Crippen LogP contribution in [0.3, 0.4) is 0 Å². The molecule has 1 aromatic carbocycles. The Balaban J connectivity index is 1.76. The van der Waals surface area contributed by atoms with Crippen molar-refractivity contribution in [1.29, 1.82) is 0 Å². The number of nitrogens with one attached hydrogen (secondary N) is 1. The van der Waals surface area contributed by atoms with Crippen LogP contribution in [-0.2, 0) is 13.0 Å². The Bertz CT molecular complexity index is 371. The lowest BCUT2D eigenvalue weighted by Gasteiger charge is -2.41. The van der Waals surface area contributed by atoms with E-state index < -0.39 is 0 Å². The topological polar surface area (TPSA) is 38.0 Å². The third-order valence-corrected chi connectivity index (χ3v) is 4.34. The van der Waals surface area contributed by atoms with Crippen LogP contribution < -0.4 is 11.1 Å². The van der Waals surface area contributed by atoms with Crippen molar-refractivity contribution in [2.45, 2.75) is 46.1 Å². The predicted octanol–water partition coefficient (Wildman–Crippen LogP) is 3.10. The van der Waals surface area contributed by atoms with Crippen LogP contribution in [0.25, 0.3) is 0 Å². The minimum atomic E-state index is 0.400. The first-order valence-electron chi connectivity index (χ1n) is 7.62. The number of hydrogen-bond donors (Lipinski definition) is 2. The van der Waals surface area contributed by atoms with Crippen molar-refractivity contribution < 1.29 is 0 Å². The summed E-state index contributed by atoms with van der Waals surface area (Å²) in [5, 5.41) is 3.58. The summed E-state index contributed by atoms with van der Waals surface area (Å²) in [6.45, 7) is 7.38. The lowest BCUT2D eigenvalue weighted by Crippen LogP contribution is -2.45. The summed E-state index contributed by atoms with van der Waals surface area (Å²) < 4.78 is 0. The van der Waals surface area contributed by atoms with E-state index in [-0.39, 0.29) is 0 Å². The van der Waals surface area contributed by atoms with Crippen molar-refractivity contribution in [3.8, 4) is 0 Å². The molecule has 19 heavy (non-hydrogen) atoms. The Labute approximate surface area is 117 Å². The fourth-order valence-electron chi connectivity index (χ4n) is 2.87. The van der Waals surface area contributed by atoms with Crippen LogP contribution in [0.5, 0.6) is 0 Å². The Hall–Kier alpha value is -0.860. The monoisotopic (exact) mass is 260 g/mol. The molecule has 0 saturated heterocycles. The second kappa shape index (κ2) is 6.53. The highest BCUT2D eigenvalue weighted by Crippen LogP contribution is 2.39. The molecule has 2 nitrogen and oxygen atoms in total. The lowest BCUT2D eigenvalue weighted by molar-refractivity contribution is 0.141. The van der Waals surface area contributed by atoms with Gasteiger partial charge in [0.1, 0.15) is 0 Å². The molecule has 106 valence electrons. The number of hydrogen-bond acceptors (Lipinski definition) is 2. The van der Waals surface area contributed by atoms with Crippen LogP contribution >= 0.6 is 0 Å². The molecule has 1 aliphatic rings. The zero-order chi connectivity index (χ0) is 13.7. The normalized spacial score (nSPS) is 17.5. The molecule has 1 aromatic rings. The molecule has 0 aliphatic heterocycles. The molecule has 1 fully saturated rings. The molecule has 0 heterocycles. The Morgan fingerprint density at radius 2 is 1.79 bits per heavy atom. The first kappa shape index (κ1) is 14.5. The SMILES string of the molecule is CC(C)Cc1ccc(CNCC2(CN)CCC2)cc1. The van der Waals surface area contributed by atoms with Crippen molar-refractivity contribution in [2.75, 3.05) is 13.1 Å². The van der Waals surface area contributed by atoms with E-state index in [0.29, 0.717) is 5.41 Å². The first-order valence-corrected chi connectivity index (χ1v) is 7.62. The average molecular weight is 260 g/mol. The molecule has 0 bridgehead atoms. The van der Waals surface area contributed by atoms with Gasteiger partial charge in [-0.05, 0) is 48.3 Å². The Kier molecular flexibility index (Phi) is 5.00. The zero-order valence-electron chi connectivity index (χ0n) is 12.4. The van der Waals surface area contributed by atoms with Gasteiger partial charge in [-0.15, -0.1) is 0 Å². The van der Waals surface area contributed by atoms with Crippen LogP contribution in [0, 0.1) is 11.3 Å². The van der Waals surface area contributed by atoms with Gasteiger partial charge in [-0.2, -0.15) is 0 Å². The van der Waals surface area contributed by atoms with Gasteiger partial charge in [0.2, 0.25) is 0 Å². The van der Waals surface area contributed by atoms with Crippen LogP contribution in [0.15, 0.2) is 24.3 Å². The fraction of sp³-hybridized carbons (Fsp3) is 0.647. The quantitative estimate of drug-likeness (QED) is 0.790. The van der Waals surface area contributed by atoms with E-state index in [1.165, 1.54) is 36.8 Å². The van der Waals surface area contributed by atoms with Crippen LogP contribution in [-0.4, -0.2) is 13.1 Å². The summed E-state index contributed by atoms with van der Waals surface area (Å²) in [6.07, 6.45) is 5.11. The minimum absolute atomic E-state index is 0.400. The average Bonchev–Trinajstić information content (AvgIpc) is 2.34. The van der Waals surface area contributed by atoms with Crippen LogP contribution in [0.2, 0.25) is 0 Å². The summed E-state index contributed by atoms with van der Waals surface area (Å²) in [5.41, 5.74) is 9.09. The van der Waals surface area contributed by atoms with Crippen molar-refractivity contribution in [3.05, 3.63) is 35.4 Å². The fourth-order valence-corrected chi connectivity index (χ4v) is 2.87. The summed E-state index contributed by atoms with van der Waals surface area (Å²) in [6, 6.07) is 9.03. The molecule has 0 atom stereocenters. The van der Waals surface area contributed by atoms with E-state index >= 15 is 0 Å². The van der Waals surface area contributed by atoms with Gasteiger partial charge in [0.15, 0.2) is 0 Å². The van der Waals surface area contributed by atoms with Gasteiger partial charge in [-0.1, -0.05) is 44.5 Å². The standard InChI is InChI=1S/C17H28N2/c1-14(2)10-15-4-6-16(7-5-15)11-19-13-17(12-18)8-3-9-17/h4-7,14,19H,3,8-13,18H2,1-2H3. The molecule has 0 spiro atoms. The summed E-state index contributed by atoms with van der Waals surface area (Å²) in [7, 11) is 0. The van der Waals surface area contributed by atoms with Gasteiger partial charge in [0.25, 0.3) is 0 Å². The largest absolute Gasteiger partial charge is 0.330 e. The van der Waals surface area contributed by atoms with E-state index in [9.17, 15) is 0 Å². The van der Waals surface area contributed by atoms with Crippen molar-refractivity contribution in [3.63, 3.8) is 0 Å². The maximum atomic E-state index is 5.87. The molecule has 0 unspecified atom stereocenters.